The second-order valence-electron chi connectivity index (χ2n) is 15.4. The molecule has 0 unspecified atom stereocenters. The number of hydrogen-bond donors (Lipinski definition) is 7. The van der Waals surface area contributed by atoms with Crippen molar-refractivity contribution in [1.29, 1.82) is 5.26 Å². The van der Waals surface area contributed by atoms with Gasteiger partial charge < -0.3 is 14.9 Å². The van der Waals surface area contributed by atoms with Crippen molar-refractivity contribution >= 4 is 147 Å². The van der Waals surface area contributed by atoms with Gasteiger partial charge in [-0.3, -0.25) is 22.6 Å². The average molecular weight is 1180 g/mol. The summed E-state index contributed by atoms with van der Waals surface area (Å²) < 4.78 is 140. The number of benzene rings is 5. The number of aromatic hydroxyl groups is 2. The van der Waals surface area contributed by atoms with E-state index in [-0.39, 0.29) is 95.3 Å². The molecule has 35 heteroatoms. The summed E-state index contributed by atoms with van der Waals surface area (Å²) >= 11 is 7.01. The highest BCUT2D eigenvalue weighted by molar-refractivity contribution is 7.94. The van der Waals surface area contributed by atoms with E-state index >= 15 is 0 Å². The predicted molar refractivity (Wildman–Crippen MR) is 272 cm³/mol. The van der Waals surface area contributed by atoms with Gasteiger partial charge in [0.05, 0.1) is 67.5 Å². The highest BCUT2D eigenvalue weighted by atomic mass is 35.5. The van der Waals surface area contributed by atoms with Crippen molar-refractivity contribution in [2.75, 3.05) is 18.6 Å². The second kappa shape index (κ2) is 22.3. The lowest BCUT2D eigenvalue weighted by Gasteiger charge is -2.13. The van der Waals surface area contributed by atoms with Crippen LogP contribution in [0.25, 0.3) is 37.7 Å². The first-order valence-corrected chi connectivity index (χ1v) is 28.8. The molecule has 7 N–H and O–H groups in total. The number of para-hydroxylation sites is 2. The minimum atomic E-state index is -5.26. The van der Waals surface area contributed by atoms with Crippen LogP contribution < -0.4 is 4.74 Å². The van der Waals surface area contributed by atoms with Crippen LogP contribution in [0, 0.1) is 25.2 Å². The first kappa shape index (κ1) is 56.8. The van der Waals surface area contributed by atoms with Crippen molar-refractivity contribution in [2.24, 2.45) is 30.7 Å². The third kappa shape index (κ3) is 12.8. The van der Waals surface area contributed by atoms with Gasteiger partial charge in [-0.25, -0.2) is 15.2 Å². The molecular formula is C41H33ClN10O18S6. The maximum atomic E-state index is 13.1. The van der Waals surface area contributed by atoms with Gasteiger partial charge in [0.15, 0.2) is 17.1 Å². The maximum absolute atomic E-state index is 13.1. The number of nitrogens with zero attached hydrogens (tertiary/aromatic N) is 10. The molecule has 0 aliphatic carbocycles. The van der Waals surface area contributed by atoms with Crippen LogP contribution in [-0.2, 0) is 49.8 Å². The van der Waals surface area contributed by atoms with Gasteiger partial charge in [0.2, 0.25) is 11.0 Å². The normalized spacial score (nSPS) is 12.7. The van der Waals surface area contributed by atoms with E-state index in [0.717, 1.165) is 23.5 Å². The topological polar surface area (TPSA) is 434 Å². The molecule has 3 heterocycles. The summed E-state index contributed by atoms with van der Waals surface area (Å²) in [5.41, 5.74) is 0.518. The second-order valence-corrected chi connectivity index (χ2v) is 23.3. The number of nitriles is 1. The third-order valence-corrected chi connectivity index (χ3v) is 15.0. The highest BCUT2D eigenvalue weighted by Gasteiger charge is 2.27. The minimum absolute atomic E-state index is 0.0101. The molecule has 0 spiro atoms. The van der Waals surface area contributed by atoms with Crippen LogP contribution in [0.1, 0.15) is 23.1 Å². The third-order valence-electron chi connectivity index (χ3n) is 10.2. The number of fused-ring (bicyclic) bond motifs is 5. The van der Waals surface area contributed by atoms with E-state index in [1.165, 1.54) is 41.7 Å². The lowest BCUT2D eigenvalue weighted by molar-refractivity contribution is -0.432. The average Bonchev–Trinajstić information content (AvgIpc) is 3.94. The Morgan fingerprint density at radius 2 is 1.43 bits per heavy atom. The fourth-order valence-electron chi connectivity index (χ4n) is 7.07. The molecule has 8 aromatic rings. The van der Waals surface area contributed by atoms with Crippen molar-refractivity contribution < 1.29 is 81.5 Å². The van der Waals surface area contributed by atoms with E-state index in [9.17, 15) is 62.8 Å². The van der Waals surface area contributed by atoms with Crippen LogP contribution in [0.3, 0.4) is 0 Å². The molecule has 0 aliphatic heterocycles. The number of rotatable bonds is 16. The number of ether oxygens (including phenoxy) is 1. The maximum Gasteiger partial charge on any atom is 0.297 e. The van der Waals surface area contributed by atoms with Gasteiger partial charge in [-0.05, 0) is 74.4 Å². The van der Waals surface area contributed by atoms with E-state index in [2.05, 4.69) is 50.0 Å². The number of aryl methyl sites for hydroxylation is 1. The number of pyridine rings is 1. The summed E-state index contributed by atoms with van der Waals surface area (Å²) in [5, 5.41) is 69.9. The lowest BCUT2D eigenvalue weighted by atomic mass is 10.1. The van der Waals surface area contributed by atoms with Gasteiger partial charge in [-0.2, -0.15) is 38.9 Å². The Kier molecular flexibility index (Phi) is 16.7. The molecule has 0 fully saturated rings. The van der Waals surface area contributed by atoms with Gasteiger partial charge in [-0.15, -0.1) is 35.0 Å². The molecule has 0 atom stereocenters. The van der Waals surface area contributed by atoms with Gasteiger partial charge in [0, 0.05) is 22.4 Å². The number of imidazole rings is 1. The number of halogens is 1. The molecule has 0 radical (unpaired) electrons. The zero-order valence-electron chi connectivity index (χ0n) is 38.4. The van der Waals surface area contributed by atoms with Crippen LogP contribution in [0.5, 0.6) is 17.4 Å². The Morgan fingerprint density at radius 3 is 2.09 bits per heavy atom. The zero-order chi connectivity index (χ0) is 55.7. The Morgan fingerprint density at radius 1 is 0.776 bits per heavy atom. The molecule has 76 heavy (non-hydrogen) atoms. The first-order chi connectivity index (χ1) is 35.6. The standard InChI is InChI=1S/C40H29ClN10O15S5.CH4O3S/c1-18-14-28(30(64-12-5-13-69(55,56)57)16-27(18)46-50-40-44-25-11-9-23(41)37(35(25)67-40)71(61,62)63)47-49-33-31(68-66-65-54)15-21-20(34(33)52)8-10-26(36(21)70(58,59)60)45-48-32-19(2)22(17-42)38-43-24-6-3-4-7-29(24)51(38)39(32)53;1-5(2,3)4/h3-4,6-11,14-16,52-54H,5,12-13H2,1-2H3,(H,55,56,57)(H,58,59,60)(H,61,62,63);1H3,(H,2,3,4). The number of phenols is 1. The summed E-state index contributed by atoms with van der Waals surface area (Å²) in [7, 11) is -18.1. The van der Waals surface area contributed by atoms with Crippen molar-refractivity contribution in [3.05, 3.63) is 88.4 Å². The summed E-state index contributed by atoms with van der Waals surface area (Å²) in [5.74, 6) is -2.04. The Balaban J connectivity index is 0.00000160. The Labute approximate surface area is 441 Å². The van der Waals surface area contributed by atoms with E-state index in [4.69, 9.17) is 26.1 Å². The largest absolute Gasteiger partial charge is 0.505 e. The highest BCUT2D eigenvalue weighted by Crippen LogP contribution is 2.49. The van der Waals surface area contributed by atoms with Gasteiger partial charge in [0.25, 0.3) is 40.5 Å². The molecule has 0 amide bonds. The Bertz CT molecular complexity index is 4270. The quantitative estimate of drug-likeness (QED) is 0.0118. The number of phenolic OH excluding ortho intramolecular Hbond substituents is 1. The molecule has 8 rings (SSSR count). The molecule has 5 aromatic carbocycles. The van der Waals surface area contributed by atoms with Gasteiger partial charge in [-0.1, -0.05) is 40.1 Å². The van der Waals surface area contributed by atoms with Gasteiger partial charge in [0.1, 0.15) is 44.2 Å². The SMILES string of the molecule is CS(=O)(=O)O.Cc1cc(N=Nc2c(SOOO)cc3c(S(=O)(=O)O)c(N=Nc4c(C)c(C#N)c5nc6ccccc6n5c4O)ccc3c2O)c(OCCCS(=O)(=O)O)cc1N=Nc1nc2ccc(Cl)c(S(=O)(=O)O)c2s1. The van der Waals surface area contributed by atoms with Crippen LogP contribution in [0.2, 0.25) is 5.02 Å². The van der Waals surface area contributed by atoms with E-state index in [0.29, 0.717) is 22.9 Å². The lowest BCUT2D eigenvalue weighted by Crippen LogP contribution is -2.08. The van der Waals surface area contributed by atoms with Crippen molar-refractivity contribution in [1.82, 2.24) is 14.4 Å². The molecule has 398 valence electrons. The Hall–Kier alpha value is -6.95. The predicted octanol–water partition coefficient (Wildman–Crippen LogP) is 10.1. The fourth-order valence-corrected chi connectivity index (χ4v) is 11.3. The summed E-state index contributed by atoms with van der Waals surface area (Å²) in [6.45, 7) is 2.72. The van der Waals surface area contributed by atoms with Crippen molar-refractivity contribution in [2.45, 2.75) is 35.0 Å². The van der Waals surface area contributed by atoms with Crippen molar-refractivity contribution in [3.8, 4) is 23.4 Å². The van der Waals surface area contributed by atoms with Crippen LogP contribution in [0.15, 0.2) is 112 Å². The summed E-state index contributed by atoms with van der Waals surface area (Å²) in [6.07, 6.45) is 0.513. The monoisotopic (exact) mass is 1180 g/mol. The van der Waals surface area contributed by atoms with Crippen LogP contribution in [0.4, 0.5) is 33.6 Å². The molecule has 0 aliphatic rings. The zero-order valence-corrected chi connectivity index (χ0v) is 44.0. The number of thiazole rings is 1. The summed E-state index contributed by atoms with van der Waals surface area (Å²) in [4.78, 5) is 6.93. The molecule has 0 saturated heterocycles. The molecule has 0 saturated carbocycles. The molecule has 3 aromatic heterocycles. The number of aromatic nitrogens is 3. The van der Waals surface area contributed by atoms with Gasteiger partial charge >= 0.3 is 0 Å². The smallest absolute Gasteiger partial charge is 0.297 e. The fraction of sp³-hybridized carbons (Fsp3) is 0.146. The van der Waals surface area contributed by atoms with E-state index in [1.54, 1.807) is 31.2 Å². The molecular weight excluding hydrogens is 1150 g/mol. The summed E-state index contributed by atoms with van der Waals surface area (Å²) in [6, 6.07) is 17.4. The van der Waals surface area contributed by atoms with E-state index in [1.807, 2.05) is 6.07 Å². The van der Waals surface area contributed by atoms with Crippen LogP contribution >= 0.6 is 35.0 Å². The first-order valence-electron chi connectivity index (χ1n) is 20.5. The van der Waals surface area contributed by atoms with Crippen LogP contribution in [-0.4, -0.2) is 100 Å². The number of azo groups is 3. The number of hydrogen-bond acceptors (Lipinski definition) is 25. The molecule has 28 nitrogen and oxygen atoms in total. The van der Waals surface area contributed by atoms with Crippen molar-refractivity contribution in [3.63, 3.8) is 0 Å². The van der Waals surface area contributed by atoms with E-state index < -0.39 is 84.4 Å². The molecule has 0 bridgehead atoms. The minimum Gasteiger partial charge on any atom is -0.505 e.